The van der Waals surface area contributed by atoms with E-state index in [1.807, 2.05) is 20.8 Å². The summed E-state index contributed by atoms with van der Waals surface area (Å²) in [6.45, 7) is 15.0. The second kappa shape index (κ2) is 24.5. The van der Waals surface area contributed by atoms with E-state index >= 15 is 0 Å². The number of rotatable bonds is 1. The second-order valence-electron chi connectivity index (χ2n) is 0.991. The molecule has 0 aliphatic carbocycles. The highest BCUT2D eigenvalue weighted by Crippen LogP contribution is 1.80. The van der Waals surface area contributed by atoms with E-state index in [1.54, 1.807) is 6.08 Å². The molecule has 1 nitrogen and oxygen atoms in total. The van der Waals surface area contributed by atoms with Crippen molar-refractivity contribution >= 4 is 0 Å². The van der Waals surface area contributed by atoms with Crippen LogP contribution in [0.5, 0.6) is 0 Å². The summed E-state index contributed by atoms with van der Waals surface area (Å²) >= 11 is 0. The van der Waals surface area contributed by atoms with Gasteiger partial charge in [0.05, 0.1) is 0 Å². The number of aliphatic hydroxyl groups excluding tert-OH is 1. The minimum Gasteiger partial charge on any atom is -0.509 e. The minimum absolute atomic E-state index is 0.109. The molecular weight excluding hydrogens is 124 g/mol. The Morgan fingerprint density at radius 1 is 1.30 bits per heavy atom. The van der Waals surface area contributed by atoms with Crippen LogP contribution < -0.4 is 0 Å². The van der Waals surface area contributed by atoms with Gasteiger partial charge in [-0.1, -0.05) is 26.5 Å². The van der Waals surface area contributed by atoms with Gasteiger partial charge >= 0.3 is 0 Å². The quantitative estimate of drug-likeness (QED) is 0.337. The average molecular weight is 142 g/mol. The number of allylic oxidation sites excluding steroid dienone is 2. The van der Waals surface area contributed by atoms with Gasteiger partial charge in [0, 0.05) is 0 Å². The Bertz CT molecular complexity index is 82.7. The number of hydrogen-bond acceptors (Lipinski definition) is 1. The molecule has 0 saturated carbocycles. The first-order chi connectivity index (χ1) is 4.77. The van der Waals surface area contributed by atoms with E-state index in [0.717, 1.165) is 0 Å². The lowest BCUT2D eigenvalue weighted by Crippen LogP contribution is -1.62. The Morgan fingerprint density at radius 2 is 1.60 bits per heavy atom. The molecule has 0 amide bonds. The number of hydrogen-bond donors (Lipinski definition) is 1. The molecule has 0 bridgehead atoms. The van der Waals surface area contributed by atoms with Crippen molar-refractivity contribution in [1.29, 1.82) is 0 Å². The smallest absolute Gasteiger partial charge is 0.108 e. The highest BCUT2D eigenvalue weighted by Gasteiger charge is 1.66. The Labute approximate surface area is 64.4 Å². The Hall–Kier alpha value is -0.980. The molecule has 0 unspecified atom stereocenters. The van der Waals surface area contributed by atoms with Crippen LogP contribution in [-0.4, -0.2) is 5.11 Å². The fourth-order valence-corrected chi connectivity index (χ4v) is 0.192. The van der Waals surface area contributed by atoms with Gasteiger partial charge in [0.25, 0.3) is 0 Å². The second-order valence-corrected chi connectivity index (χ2v) is 0.991. The molecule has 0 aliphatic rings. The third-order valence-corrected chi connectivity index (χ3v) is 0.359. The van der Waals surface area contributed by atoms with Crippen molar-refractivity contribution in [2.45, 2.75) is 20.8 Å². The summed E-state index contributed by atoms with van der Waals surface area (Å²) in [5, 5.41) is 8.27. The van der Waals surface area contributed by atoms with E-state index in [2.05, 4.69) is 19.7 Å². The highest BCUT2D eigenvalue weighted by molar-refractivity contribution is 5.03. The largest absolute Gasteiger partial charge is 0.509 e. The van der Waals surface area contributed by atoms with Crippen LogP contribution in [0.1, 0.15) is 20.8 Å². The van der Waals surface area contributed by atoms with Crippen molar-refractivity contribution in [1.82, 2.24) is 0 Å². The third kappa shape index (κ3) is 62.3. The van der Waals surface area contributed by atoms with Gasteiger partial charge < -0.3 is 5.11 Å². The van der Waals surface area contributed by atoms with E-state index in [0.29, 0.717) is 0 Å². The fourth-order valence-electron chi connectivity index (χ4n) is 0.192. The van der Waals surface area contributed by atoms with Crippen LogP contribution in [0.4, 0.5) is 0 Å². The van der Waals surface area contributed by atoms with Crippen molar-refractivity contribution in [2.75, 3.05) is 0 Å². The monoisotopic (exact) mass is 142 g/mol. The molecule has 0 atom stereocenters. The van der Waals surface area contributed by atoms with Crippen molar-refractivity contribution < 1.29 is 5.11 Å². The average Bonchev–Trinajstić information content (AvgIpc) is 1.96. The minimum atomic E-state index is 0.109. The molecule has 1 heteroatoms. The summed E-state index contributed by atoms with van der Waals surface area (Å²) in [5.74, 6) is 0.109. The molecule has 1 N–H and O–H groups in total. The molecule has 0 radical (unpaired) electrons. The van der Waals surface area contributed by atoms with Gasteiger partial charge in [-0.15, -0.1) is 13.2 Å². The fraction of sp³-hybridized carbons (Fsp3) is 0.333. The molecule has 0 fully saturated rings. The molecule has 0 saturated heterocycles. The van der Waals surface area contributed by atoms with Gasteiger partial charge in [-0.05, 0) is 13.0 Å². The molecule has 0 aromatic rings. The van der Waals surface area contributed by atoms with Crippen molar-refractivity contribution in [3.63, 3.8) is 0 Å². The Balaban J connectivity index is -0.000000105. The molecule has 0 rings (SSSR count). The van der Waals surface area contributed by atoms with Crippen molar-refractivity contribution in [3.05, 3.63) is 37.6 Å². The molecular formula is C9H18O. The molecule has 0 aromatic heterocycles. The molecule has 0 heterocycles. The Morgan fingerprint density at radius 3 is 1.60 bits per heavy atom. The SMILES string of the molecule is C=C.C=C(O)/C=C\C.CC. The van der Waals surface area contributed by atoms with E-state index in [-0.39, 0.29) is 5.76 Å². The molecule has 0 spiro atoms. The van der Waals surface area contributed by atoms with Gasteiger partial charge in [0.15, 0.2) is 0 Å². The van der Waals surface area contributed by atoms with Crippen molar-refractivity contribution in [3.8, 4) is 0 Å². The lowest BCUT2D eigenvalue weighted by molar-refractivity contribution is 0.435. The summed E-state index contributed by atoms with van der Waals surface area (Å²) in [5.41, 5.74) is 0. The predicted octanol–water partition coefficient (Wildman–Crippen LogP) is 3.46. The van der Waals surface area contributed by atoms with Crippen LogP contribution in [0.2, 0.25) is 0 Å². The number of aliphatic hydroxyl groups is 1. The van der Waals surface area contributed by atoms with E-state index in [1.165, 1.54) is 6.08 Å². The molecule has 60 valence electrons. The van der Waals surface area contributed by atoms with Crippen molar-refractivity contribution in [2.24, 2.45) is 0 Å². The zero-order valence-electron chi connectivity index (χ0n) is 7.22. The first-order valence-electron chi connectivity index (χ1n) is 3.28. The van der Waals surface area contributed by atoms with Gasteiger partial charge in [-0.3, -0.25) is 0 Å². The van der Waals surface area contributed by atoms with Crippen LogP contribution in [0, 0.1) is 0 Å². The summed E-state index contributed by atoms with van der Waals surface area (Å²) in [6.07, 6.45) is 3.25. The highest BCUT2D eigenvalue weighted by atomic mass is 16.3. The molecule has 10 heavy (non-hydrogen) atoms. The summed E-state index contributed by atoms with van der Waals surface area (Å²) in [7, 11) is 0. The lowest BCUT2D eigenvalue weighted by Gasteiger charge is -1.76. The van der Waals surface area contributed by atoms with Gasteiger partial charge in [-0.25, -0.2) is 0 Å². The van der Waals surface area contributed by atoms with E-state index in [4.69, 9.17) is 5.11 Å². The van der Waals surface area contributed by atoms with Crippen LogP contribution in [0.15, 0.2) is 37.6 Å². The van der Waals surface area contributed by atoms with Gasteiger partial charge in [0.1, 0.15) is 5.76 Å². The summed E-state index contributed by atoms with van der Waals surface area (Å²) in [4.78, 5) is 0. The van der Waals surface area contributed by atoms with Gasteiger partial charge in [0.2, 0.25) is 0 Å². The van der Waals surface area contributed by atoms with Crippen LogP contribution in [0.3, 0.4) is 0 Å². The van der Waals surface area contributed by atoms with Crippen LogP contribution in [0.25, 0.3) is 0 Å². The van der Waals surface area contributed by atoms with Gasteiger partial charge in [-0.2, -0.15) is 0 Å². The normalized spacial score (nSPS) is 6.70. The first-order valence-corrected chi connectivity index (χ1v) is 3.28. The summed E-state index contributed by atoms with van der Waals surface area (Å²) in [6, 6.07) is 0. The maximum atomic E-state index is 8.27. The van der Waals surface area contributed by atoms with Crippen LogP contribution in [-0.2, 0) is 0 Å². The van der Waals surface area contributed by atoms with E-state index in [9.17, 15) is 0 Å². The molecule has 0 aliphatic heterocycles. The maximum Gasteiger partial charge on any atom is 0.108 e. The van der Waals surface area contributed by atoms with Crippen LogP contribution >= 0.6 is 0 Å². The molecule has 0 aromatic carbocycles. The van der Waals surface area contributed by atoms with E-state index < -0.39 is 0 Å². The lowest BCUT2D eigenvalue weighted by atomic mass is 10.5. The summed E-state index contributed by atoms with van der Waals surface area (Å²) < 4.78 is 0. The zero-order valence-corrected chi connectivity index (χ0v) is 7.22. The Kier molecular flexibility index (Phi) is 39.2. The maximum absolute atomic E-state index is 8.27. The third-order valence-electron chi connectivity index (χ3n) is 0.359. The first kappa shape index (κ1) is 16.0. The predicted molar refractivity (Wildman–Crippen MR) is 49.2 cm³/mol. The topological polar surface area (TPSA) is 20.2 Å². The standard InChI is InChI=1S/C5H8O.C2H6.C2H4/c1-3-4-5(2)6;2*1-2/h3-4,6H,2H2,1H3;1-2H3;1-2H2/b4-3-;;. The zero-order chi connectivity index (χ0) is 8.99.